The van der Waals surface area contributed by atoms with Crippen molar-refractivity contribution in [3.05, 3.63) is 0 Å². The Hall–Kier alpha value is -1.50. The van der Waals surface area contributed by atoms with Gasteiger partial charge in [-0.2, -0.15) is 0 Å². The Kier molecular flexibility index (Phi) is 28.4. The number of rotatable bonds is 33. The van der Waals surface area contributed by atoms with Crippen LogP contribution in [0.25, 0.3) is 0 Å². The van der Waals surface area contributed by atoms with Crippen molar-refractivity contribution >= 4 is 11.9 Å². The van der Waals surface area contributed by atoms with Crippen LogP contribution in [0.1, 0.15) is 162 Å². The van der Waals surface area contributed by atoms with E-state index in [0.29, 0.717) is 12.8 Å². The van der Waals surface area contributed by atoms with Crippen molar-refractivity contribution in [1.29, 1.82) is 0 Å². The lowest BCUT2D eigenvalue weighted by atomic mass is 9.98. The van der Waals surface area contributed by atoms with Crippen LogP contribution in [0.5, 0.6) is 0 Å². The monoisotopic (exact) mass is 823 g/mol. The second-order valence-corrected chi connectivity index (χ2v) is 15.9. The number of unbranched alkanes of at least 4 members (excludes halogenated alkanes) is 19. The molecule has 0 aromatic rings. The first-order chi connectivity index (χ1) is 27.5. The summed E-state index contributed by atoms with van der Waals surface area (Å²) in [7, 11) is 0. The van der Waals surface area contributed by atoms with E-state index in [0.717, 1.165) is 32.1 Å². The zero-order valence-electron chi connectivity index (χ0n) is 34.8. The molecule has 0 bridgehead atoms. The van der Waals surface area contributed by atoms with Gasteiger partial charge in [0.05, 0.1) is 19.8 Å². The van der Waals surface area contributed by atoms with Crippen molar-refractivity contribution in [2.45, 2.75) is 229 Å². The molecule has 7 N–H and O–H groups in total. The van der Waals surface area contributed by atoms with Gasteiger partial charge in [-0.1, -0.05) is 136 Å². The minimum absolute atomic E-state index is 0.171. The quantitative estimate of drug-likeness (QED) is 0.0365. The third kappa shape index (κ3) is 21.0. The highest BCUT2D eigenvalue weighted by atomic mass is 16.7. The van der Waals surface area contributed by atoms with Gasteiger partial charge in [0, 0.05) is 12.8 Å². The number of hydrogen-bond acceptors (Lipinski definition) is 15. The molecule has 11 atom stereocenters. The van der Waals surface area contributed by atoms with E-state index in [1.807, 2.05) is 6.92 Å². The molecule has 2 aliphatic rings. The molecule has 2 rings (SSSR count). The van der Waals surface area contributed by atoms with Crippen LogP contribution < -0.4 is 0 Å². The van der Waals surface area contributed by atoms with E-state index in [1.165, 1.54) is 89.9 Å². The van der Waals surface area contributed by atoms with E-state index in [9.17, 15) is 45.3 Å². The number of carbonyl (C=O) groups is 2. The van der Waals surface area contributed by atoms with Crippen LogP contribution in [0.15, 0.2) is 0 Å². The first-order valence-corrected chi connectivity index (χ1v) is 22.1. The number of carbonyl (C=O) groups excluding carboxylic acids is 2. The Morgan fingerprint density at radius 2 is 0.895 bits per heavy atom. The van der Waals surface area contributed by atoms with Crippen LogP contribution in [-0.2, 0) is 38.0 Å². The van der Waals surface area contributed by atoms with Crippen molar-refractivity contribution in [1.82, 2.24) is 0 Å². The van der Waals surface area contributed by atoms with Gasteiger partial charge < -0.3 is 64.2 Å². The molecule has 15 heteroatoms. The third-order valence-electron chi connectivity index (χ3n) is 10.8. The second-order valence-electron chi connectivity index (χ2n) is 15.9. The van der Waals surface area contributed by atoms with E-state index in [-0.39, 0.29) is 26.1 Å². The molecule has 15 nitrogen and oxygen atoms in total. The molecule has 2 saturated heterocycles. The molecular formula is C42H78O15. The average Bonchev–Trinajstić information content (AvgIpc) is 3.20. The summed E-state index contributed by atoms with van der Waals surface area (Å²) < 4.78 is 33.1. The van der Waals surface area contributed by atoms with Crippen LogP contribution in [0, 0.1) is 0 Å². The maximum atomic E-state index is 12.8. The van der Waals surface area contributed by atoms with Crippen LogP contribution in [0.4, 0.5) is 0 Å². The molecule has 336 valence electrons. The molecule has 0 aromatic heterocycles. The molecule has 0 spiro atoms. The highest BCUT2D eigenvalue weighted by Gasteiger charge is 2.47. The average molecular weight is 823 g/mol. The summed E-state index contributed by atoms with van der Waals surface area (Å²) in [6, 6.07) is 0. The second kappa shape index (κ2) is 31.4. The summed E-state index contributed by atoms with van der Waals surface area (Å²) in [6.45, 7) is 2.40. The molecule has 11 unspecified atom stereocenters. The molecule has 2 fully saturated rings. The van der Waals surface area contributed by atoms with Gasteiger partial charge in [0.25, 0.3) is 0 Å². The summed E-state index contributed by atoms with van der Waals surface area (Å²) in [5, 5.41) is 71.5. The Labute approximate surface area is 340 Å². The van der Waals surface area contributed by atoms with Crippen LogP contribution in [-0.4, -0.2) is 142 Å². The molecule has 0 aromatic carbocycles. The zero-order chi connectivity index (χ0) is 41.8. The third-order valence-corrected chi connectivity index (χ3v) is 10.8. The summed E-state index contributed by atoms with van der Waals surface area (Å²) in [5.74, 6) is -0.945. The number of aliphatic hydroxyl groups excluding tert-OH is 7. The lowest BCUT2D eigenvalue weighted by molar-refractivity contribution is -0.332. The largest absolute Gasteiger partial charge is 0.462 e. The Morgan fingerprint density at radius 1 is 0.491 bits per heavy atom. The van der Waals surface area contributed by atoms with Gasteiger partial charge in [-0.05, 0) is 12.8 Å². The van der Waals surface area contributed by atoms with Crippen LogP contribution in [0.2, 0.25) is 0 Å². The maximum Gasteiger partial charge on any atom is 0.306 e. The Morgan fingerprint density at radius 3 is 1.40 bits per heavy atom. The molecule has 2 heterocycles. The van der Waals surface area contributed by atoms with Gasteiger partial charge in [0.2, 0.25) is 0 Å². The molecule has 0 radical (unpaired) electrons. The highest BCUT2D eigenvalue weighted by Crippen LogP contribution is 2.26. The minimum atomic E-state index is -1.76. The molecule has 2 aliphatic heterocycles. The first-order valence-electron chi connectivity index (χ1n) is 22.1. The normalized spacial score (nSPS) is 28.3. The molecular weight excluding hydrogens is 744 g/mol. The molecule has 57 heavy (non-hydrogen) atoms. The Balaban J connectivity index is 1.74. The van der Waals surface area contributed by atoms with Gasteiger partial charge >= 0.3 is 11.9 Å². The SMILES string of the molecule is CCCCCCCCCCCCCCCCCCCCC(=O)OC(COC(=O)CCCCC)COC1OC(COC2OC(CO)C(O)C(O)C2O)C(O)C(O)C1O. The van der Waals surface area contributed by atoms with E-state index >= 15 is 0 Å². The number of hydrogen-bond donors (Lipinski definition) is 7. The molecule has 0 saturated carbocycles. The smallest absolute Gasteiger partial charge is 0.306 e. The van der Waals surface area contributed by atoms with Crippen molar-refractivity contribution in [2.24, 2.45) is 0 Å². The zero-order valence-corrected chi connectivity index (χ0v) is 34.8. The fraction of sp³-hybridized carbons (Fsp3) is 0.952. The van der Waals surface area contributed by atoms with E-state index in [2.05, 4.69) is 6.92 Å². The number of ether oxygens (including phenoxy) is 6. The van der Waals surface area contributed by atoms with E-state index < -0.39 is 92.7 Å². The van der Waals surface area contributed by atoms with Gasteiger partial charge in [0.1, 0.15) is 55.4 Å². The summed E-state index contributed by atoms with van der Waals surface area (Å²) in [4.78, 5) is 25.2. The predicted octanol–water partition coefficient (Wildman–Crippen LogP) is 4.09. The number of esters is 2. The minimum Gasteiger partial charge on any atom is -0.462 e. The Bertz CT molecular complexity index is 1020. The van der Waals surface area contributed by atoms with E-state index in [1.54, 1.807) is 0 Å². The van der Waals surface area contributed by atoms with Crippen molar-refractivity contribution in [2.75, 3.05) is 26.4 Å². The fourth-order valence-electron chi connectivity index (χ4n) is 7.10. The highest BCUT2D eigenvalue weighted by molar-refractivity contribution is 5.70. The van der Waals surface area contributed by atoms with Gasteiger partial charge in [-0.3, -0.25) is 9.59 Å². The first kappa shape index (κ1) is 51.6. The molecule has 0 aliphatic carbocycles. The maximum absolute atomic E-state index is 12.8. The van der Waals surface area contributed by atoms with Crippen molar-refractivity contribution in [3.63, 3.8) is 0 Å². The van der Waals surface area contributed by atoms with Crippen LogP contribution in [0.3, 0.4) is 0 Å². The lowest BCUT2D eigenvalue weighted by Crippen LogP contribution is -2.61. The topological polar surface area (TPSA) is 231 Å². The summed E-state index contributed by atoms with van der Waals surface area (Å²) in [5.41, 5.74) is 0. The lowest BCUT2D eigenvalue weighted by Gasteiger charge is -2.42. The fourth-order valence-corrected chi connectivity index (χ4v) is 7.10. The standard InChI is InChI=1S/C42H78O15/c1-3-5-7-8-9-10-11-12-13-14-15-16-17-18-19-20-21-23-25-34(45)55-30(27-52-33(44)24-22-6-4-2)28-53-41-40(51)38(49)36(47)32(57-41)29-54-42-39(50)37(48)35(46)31(26-43)56-42/h30-32,35-43,46-51H,3-29H2,1-2H3. The summed E-state index contributed by atoms with van der Waals surface area (Å²) >= 11 is 0. The number of aliphatic hydroxyl groups is 7. The van der Waals surface area contributed by atoms with Gasteiger partial charge in [0.15, 0.2) is 18.7 Å². The van der Waals surface area contributed by atoms with Crippen molar-refractivity contribution < 1.29 is 73.8 Å². The summed E-state index contributed by atoms with van der Waals surface area (Å²) in [6.07, 6.45) is 8.28. The van der Waals surface area contributed by atoms with Crippen LogP contribution >= 0.6 is 0 Å². The van der Waals surface area contributed by atoms with E-state index in [4.69, 9.17) is 28.4 Å². The predicted molar refractivity (Wildman–Crippen MR) is 211 cm³/mol. The van der Waals surface area contributed by atoms with Gasteiger partial charge in [-0.15, -0.1) is 0 Å². The van der Waals surface area contributed by atoms with Crippen molar-refractivity contribution in [3.8, 4) is 0 Å². The van der Waals surface area contributed by atoms with Gasteiger partial charge in [-0.25, -0.2) is 0 Å². The molecule has 0 amide bonds.